The molecular formula is C25H28N8O4S. The molecule has 0 saturated carbocycles. The Bertz CT molecular complexity index is 1450. The summed E-state index contributed by atoms with van der Waals surface area (Å²) in [5.41, 5.74) is 1.97. The molecule has 2 saturated heterocycles. The quantitative estimate of drug-likeness (QED) is 0.455. The highest BCUT2D eigenvalue weighted by Crippen LogP contribution is 2.35. The molecule has 12 nitrogen and oxygen atoms in total. The fraction of sp³-hybridized carbons (Fsp3) is 0.400. The van der Waals surface area contributed by atoms with E-state index in [0.29, 0.717) is 43.5 Å². The van der Waals surface area contributed by atoms with Crippen molar-refractivity contribution in [3.63, 3.8) is 0 Å². The van der Waals surface area contributed by atoms with E-state index in [1.807, 2.05) is 0 Å². The molecule has 2 aliphatic heterocycles. The van der Waals surface area contributed by atoms with Crippen LogP contribution < -0.4 is 5.32 Å². The van der Waals surface area contributed by atoms with E-state index in [9.17, 15) is 18.5 Å². The monoisotopic (exact) mass is 536 g/mol. The largest absolute Gasteiger partial charge is 0.378 e. The highest BCUT2D eigenvalue weighted by atomic mass is 32.2. The number of morpholine rings is 1. The van der Waals surface area contributed by atoms with E-state index in [-0.39, 0.29) is 31.2 Å². The number of amides is 1. The lowest BCUT2D eigenvalue weighted by atomic mass is 9.89. The third kappa shape index (κ3) is 5.10. The Balaban J connectivity index is 1.28. The second-order valence-corrected chi connectivity index (χ2v) is 11.5. The van der Waals surface area contributed by atoms with Gasteiger partial charge in [0.1, 0.15) is 5.54 Å². The van der Waals surface area contributed by atoms with E-state index in [4.69, 9.17) is 4.74 Å². The van der Waals surface area contributed by atoms with Gasteiger partial charge in [0.25, 0.3) is 5.91 Å². The Hall–Kier alpha value is -3.86. The number of nitrogens with one attached hydrogen (secondary N) is 1. The van der Waals surface area contributed by atoms with Gasteiger partial charge >= 0.3 is 0 Å². The summed E-state index contributed by atoms with van der Waals surface area (Å²) >= 11 is 0. The summed E-state index contributed by atoms with van der Waals surface area (Å²) in [7, 11) is -3.33. The van der Waals surface area contributed by atoms with Gasteiger partial charge in [0.05, 0.1) is 43.3 Å². The first-order valence-electron chi connectivity index (χ1n) is 12.3. The molecule has 0 atom stereocenters. The number of carbonyl (C=O) groups excluding carboxylic acids is 1. The Labute approximate surface area is 220 Å². The third-order valence-corrected chi connectivity index (χ3v) is 8.59. The molecule has 0 bridgehead atoms. The van der Waals surface area contributed by atoms with Crippen LogP contribution in [-0.4, -0.2) is 88.4 Å². The van der Waals surface area contributed by atoms with Crippen molar-refractivity contribution in [3.05, 3.63) is 54.5 Å². The molecule has 1 aromatic carbocycles. The average Bonchev–Trinajstić information content (AvgIpc) is 3.42. The summed E-state index contributed by atoms with van der Waals surface area (Å²) in [6.45, 7) is 4.29. The fourth-order valence-electron chi connectivity index (χ4n) is 4.54. The van der Waals surface area contributed by atoms with Gasteiger partial charge in [0.2, 0.25) is 16.0 Å². The summed E-state index contributed by atoms with van der Waals surface area (Å²) in [5, 5.41) is 17.0. The standard InChI is InChI=1S/C25H28N8O4S/c1-2-38(35,36)32-17-25(18-32,8-9-26)33-16-20(15-28-33)22-7-10-27-24(30-22)29-21-5-3-19(4-6-21)23(34)31-11-13-37-14-12-31/h3-7,10,15-16H,2,8,11-14,17-18H2,1H3,(H,27,29,30). The zero-order valence-corrected chi connectivity index (χ0v) is 21.8. The Morgan fingerprint density at radius 1 is 1.18 bits per heavy atom. The molecule has 3 aromatic rings. The number of sulfonamides is 1. The molecule has 198 valence electrons. The fourth-order valence-corrected chi connectivity index (χ4v) is 5.78. The molecule has 13 heteroatoms. The van der Waals surface area contributed by atoms with E-state index < -0.39 is 15.6 Å². The molecule has 4 heterocycles. The van der Waals surface area contributed by atoms with Gasteiger partial charge in [-0.05, 0) is 37.3 Å². The number of hydrogen-bond donors (Lipinski definition) is 1. The second kappa shape index (κ2) is 10.5. The first-order valence-corrected chi connectivity index (χ1v) is 13.9. The highest BCUT2D eigenvalue weighted by Gasteiger charge is 2.49. The molecule has 0 spiro atoms. The lowest BCUT2D eigenvalue weighted by Gasteiger charge is -2.47. The van der Waals surface area contributed by atoms with Crippen molar-refractivity contribution in [1.29, 1.82) is 5.26 Å². The van der Waals surface area contributed by atoms with Crippen LogP contribution >= 0.6 is 0 Å². The third-order valence-electron chi connectivity index (χ3n) is 6.81. The Morgan fingerprint density at radius 2 is 1.92 bits per heavy atom. The van der Waals surface area contributed by atoms with Crippen LogP contribution in [0, 0.1) is 11.3 Å². The number of benzene rings is 1. The van der Waals surface area contributed by atoms with E-state index in [1.165, 1.54) is 4.31 Å². The van der Waals surface area contributed by atoms with Gasteiger partial charge in [-0.3, -0.25) is 9.48 Å². The van der Waals surface area contributed by atoms with Crippen molar-refractivity contribution in [2.45, 2.75) is 18.9 Å². The number of aromatic nitrogens is 4. The molecule has 2 aromatic heterocycles. The average molecular weight is 537 g/mol. The Kier molecular flexibility index (Phi) is 7.11. The predicted octanol–water partition coefficient (Wildman–Crippen LogP) is 1.83. The van der Waals surface area contributed by atoms with Crippen molar-refractivity contribution in [2.24, 2.45) is 0 Å². The van der Waals surface area contributed by atoms with Gasteiger partial charge in [0, 0.05) is 55.4 Å². The summed E-state index contributed by atoms with van der Waals surface area (Å²) in [4.78, 5) is 23.3. The van der Waals surface area contributed by atoms with Crippen molar-refractivity contribution in [3.8, 4) is 17.3 Å². The van der Waals surface area contributed by atoms with Crippen LogP contribution in [0.25, 0.3) is 11.3 Å². The maximum Gasteiger partial charge on any atom is 0.254 e. The number of carbonyl (C=O) groups is 1. The van der Waals surface area contributed by atoms with Crippen LogP contribution in [0.4, 0.5) is 11.6 Å². The van der Waals surface area contributed by atoms with E-state index >= 15 is 0 Å². The van der Waals surface area contributed by atoms with Gasteiger partial charge in [-0.1, -0.05) is 0 Å². The number of anilines is 2. The molecule has 1 amide bonds. The zero-order valence-electron chi connectivity index (χ0n) is 20.9. The van der Waals surface area contributed by atoms with Gasteiger partial charge in [-0.25, -0.2) is 18.4 Å². The van der Waals surface area contributed by atoms with Crippen LogP contribution in [0.15, 0.2) is 48.9 Å². The second-order valence-electron chi connectivity index (χ2n) is 9.27. The number of nitriles is 1. The topological polar surface area (TPSA) is 146 Å². The zero-order chi connectivity index (χ0) is 26.8. The maximum atomic E-state index is 12.7. The number of nitrogens with zero attached hydrogens (tertiary/aromatic N) is 7. The van der Waals surface area contributed by atoms with Crippen LogP contribution in [-0.2, 0) is 20.3 Å². The number of rotatable bonds is 8. The molecule has 2 aliphatic rings. The minimum absolute atomic E-state index is 0.0175. The molecule has 38 heavy (non-hydrogen) atoms. The molecular weight excluding hydrogens is 508 g/mol. The summed E-state index contributed by atoms with van der Waals surface area (Å²) in [5.74, 6) is 0.369. The number of hydrogen-bond acceptors (Lipinski definition) is 9. The maximum absolute atomic E-state index is 12.7. The van der Waals surface area contributed by atoms with Crippen molar-refractivity contribution < 1.29 is 17.9 Å². The van der Waals surface area contributed by atoms with Crippen LogP contribution in [0.1, 0.15) is 23.7 Å². The molecule has 2 fully saturated rings. The van der Waals surface area contributed by atoms with E-state index in [1.54, 1.807) is 65.4 Å². The molecule has 0 radical (unpaired) electrons. The first kappa shape index (κ1) is 25.8. The molecule has 5 rings (SSSR count). The predicted molar refractivity (Wildman–Crippen MR) is 139 cm³/mol. The van der Waals surface area contributed by atoms with Crippen molar-refractivity contribution >= 4 is 27.6 Å². The normalized spacial score (nSPS) is 17.4. The number of ether oxygens (including phenoxy) is 1. The van der Waals surface area contributed by atoms with Gasteiger partial charge < -0.3 is 15.0 Å². The van der Waals surface area contributed by atoms with Gasteiger partial charge in [-0.15, -0.1) is 0 Å². The van der Waals surface area contributed by atoms with Crippen LogP contribution in [0.5, 0.6) is 0 Å². The lowest BCUT2D eigenvalue weighted by Crippen LogP contribution is -2.64. The highest BCUT2D eigenvalue weighted by molar-refractivity contribution is 7.89. The van der Waals surface area contributed by atoms with Gasteiger partial charge in [-0.2, -0.15) is 14.7 Å². The Morgan fingerprint density at radius 3 is 2.61 bits per heavy atom. The smallest absolute Gasteiger partial charge is 0.254 e. The van der Waals surface area contributed by atoms with E-state index in [2.05, 4.69) is 26.5 Å². The SMILES string of the molecule is CCS(=O)(=O)N1CC(CC#N)(n2cc(-c3ccnc(Nc4ccc(C(=O)N5CCOCC5)cc4)n3)cn2)C1. The van der Waals surface area contributed by atoms with Crippen LogP contribution in [0.3, 0.4) is 0 Å². The minimum Gasteiger partial charge on any atom is -0.378 e. The van der Waals surface area contributed by atoms with Gasteiger partial charge in [0.15, 0.2) is 0 Å². The molecule has 0 aliphatic carbocycles. The first-order chi connectivity index (χ1) is 18.3. The molecule has 1 N–H and O–H groups in total. The van der Waals surface area contributed by atoms with Crippen LogP contribution in [0.2, 0.25) is 0 Å². The lowest BCUT2D eigenvalue weighted by molar-refractivity contribution is 0.0303. The summed E-state index contributed by atoms with van der Waals surface area (Å²) < 4.78 is 32.8. The van der Waals surface area contributed by atoms with Crippen molar-refractivity contribution in [1.82, 2.24) is 29.0 Å². The van der Waals surface area contributed by atoms with E-state index in [0.717, 1.165) is 11.3 Å². The summed E-state index contributed by atoms with van der Waals surface area (Å²) in [6, 6.07) is 11.1. The van der Waals surface area contributed by atoms with Crippen molar-refractivity contribution in [2.75, 3.05) is 50.5 Å². The summed E-state index contributed by atoms with van der Waals surface area (Å²) in [6.07, 6.45) is 5.20. The molecule has 0 unspecified atom stereocenters. The minimum atomic E-state index is -3.33.